The van der Waals surface area contributed by atoms with Crippen LogP contribution in [-0.2, 0) is 18.3 Å². The fourth-order valence-corrected chi connectivity index (χ4v) is 1.37. The monoisotopic (exact) mass is 255 g/mol. The zero-order valence-electron chi connectivity index (χ0n) is 10.4. The van der Waals surface area contributed by atoms with Crippen LogP contribution in [0.5, 0.6) is 0 Å². The Hall–Kier alpha value is -2.12. The molecule has 1 atom stereocenters. The molecule has 0 aliphatic heterocycles. The molecule has 0 aliphatic carbocycles. The molecule has 0 radical (unpaired) electrons. The van der Waals surface area contributed by atoms with E-state index in [0.29, 0.717) is 19.4 Å². The third-order valence-corrected chi connectivity index (χ3v) is 2.45. The van der Waals surface area contributed by atoms with Crippen LogP contribution in [0, 0.1) is 0 Å². The first-order chi connectivity index (χ1) is 8.54. The normalized spacial score (nSPS) is 11.9. The number of hydrogen-bond donors (Lipinski definition) is 3. The Bertz CT molecular complexity index is 417. The molecule has 0 aliphatic rings. The van der Waals surface area contributed by atoms with E-state index >= 15 is 0 Å². The van der Waals surface area contributed by atoms with Crippen LogP contribution >= 0.6 is 0 Å². The van der Waals surface area contributed by atoms with Gasteiger partial charge in [-0.2, -0.15) is 0 Å². The Kier molecular flexibility index (Phi) is 5.09. The third-order valence-electron chi connectivity index (χ3n) is 2.45. The van der Waals surface area contributed by atoms with Gasteiger partial charge in [0, 0.05) is 20.0 Å². The molecule has 0 saturated heterocycles. The number of urea groups is 1. The number of aliphatic carboxylic acids is 1. The molecular formula is C10H17N5O3. The Morgan fingerprint density at radius 1 is 1.56 bits per heavy atom. The molecule has 0 aromatic carbocycles. The van der Waals surface area contributed by atoms with Gasteiger partial charge >= 0.3 is 12.0 Å². The van der Waals surface area contributed by atoms with Gasteiger partial charge < -0.3 is 20.3 Å². The fraction of sp³-hybridized carbons (Fsp3) is 0.600. The van der Waals surface area contributed by atoms with Gasteiger partial charge in [0.15, 0.2) is 0 Å². The third kappa shape index (κ3) is 4.04. The summed E-state index contributed by atoms with van der Waals surface area (Å²) in [6.07, 6.45) is 2.45. The molecule has 1 rings (SSSR count). The lowest BCUT2D eigenvalue weighted by atomic mass is 10.2. The minimum Gasteiger partial charge on any atom is -0.480 e. The number of rotatable bonds is 6. The lowest BCUT2D eigenvalue weighted by Crippen LogP contribution is -2.46. The lowest BCUT2D eigenvalue weighted by Gasteiger charge is -2.12. The summed E-state index contributed by atoms with van der Waals surface area (Å²) in [5.41, 5.74) is 0. The van der Waals surface area contributed by atoms with E-state index in [0.717, 1.165) is 5.82 Å². The number of amides is 2. The van der Waals surface area contributed by atoms with E-state index in [9.17, 15) is 9.59 Å². The van der Waals surface area contributed by atoms with Crippen molar-refractivity contribution in [2.24, 2.45) is 7.05 Å². The second-order valence-electron chi connectivity index (χ2n) is 3.81. The molecule has 2 amide bonds. The number of aromatic nitrogens is 3. The minimum absolute atomic E-state index is 0.339. The molecule has 0 spiro atoms. The molecule has 3 N–H and O–H groups in total. The van der Waals surface area contributed by atoms with Gasteiger partial charge in [-0.25, -0.2) is 9.59 Å². The average molecular weight is 255 g/mol. The average Bonchev–Trinajstić information content (AvgIpc) is 2.71. The summed E-state index contributed by atoms with van der Waals surface area (Å²) in [4.78, 5) is 22.1. The molecule has 18 heavy (non-hydrogen) atoms. The Morgan fingerprint density at radius 3 is 2.78 bits per heavy atom. The summed E-state index contributed by atoms with van der Waals surface area (Å²) >= 11 is 0. The maximum atomic E-state index is 11.4. The maximum absolute atomic E-state index is 11.4. The van der Waals surface area contributed by atoms with Gasteiger partial charge in [0.2, 0.25) is 0 Å². The lowest BCUT2D eigenvalue weighted by molar-refractivity contribution is -0.139. The van der Waals surface area contributed by atoms with Gasteiger partial charge in [0.1, 0.15) is 18.2 Å². The summed E-state index contributed by atoms with van der Waals surface area (Å²) in [6, 6.07) is -1.36. The predicted molar refractivity (Wildman–Crippen MR) is 63.0 cm³/mol. The topological polar surface area (TPSA) is 109 Å². The summed E-state index contributed by atoms with van der Waals surface area (Å²) in [7, 11) is 1.81. The van der Waals surface area contributed by atoms with E-state index in [1.807, 2.05) is 7.05 Å². The van der Waals surface area contributed by atoms with E-state index in [-0.39, 0.29) is 0 Å². The van der Waals surface area contributed by atoms with Gasteiger partial charge in [-0.1, -0.05) is 6.92 Å². The summed E-state index contributed by atoms with van der Waals surface area (Å²) in [6.45, 7) is 2.06. The van der Waals surface area contributed by atoms with Gasteiger partial charge in [-0.15, -0.1) is 10.2 Å². The van der Waals surface area contributed by atoms with Crippen LogP contribution in [0.1, 0.15) is 19.2 Å². The standard InChI is InChI=1S/C10H17N5O3/c1-3-7(9(16)17)13-10(18)11-5-4-8-14-12-6-15(8)2/h6-7H,3-5H2,1-2H3,(H,16,17)(H2,11,13,18)/t7-/m1/s1. The van der Waals surface area contributed by atoms with Gasteiger partial charge in [-0.05, 0) is 6.42 Å². The number of carboxylic acids is 1. The van der Waals surface area contributed by atoms with E-state index in [2.05, 4.69) is 20.8 Å². The van der Waals surface area contributed by atoms with Crippen molar-refractivity contribution in [2.75, 3.05) is 6.54 Å². The van der Waals surface area contributed by atoms with E-state index in [1.54, 1.807) is 17.8 Å². The highest BCUT2D eigenvalue weighted by Crippen LogP contribution is 1.92. The van der Waals surface area contributed by atoms with Crippen LogP contribution in [-0.4, -0.2) is 44.5 Å². The zero-order chi connectivity index (χ0) is 13.5. The highest BCUT2D eigenvalue weighted by molar-refractivity contribution is 5.82. The van der Waals surface area contributed by atoms with Crippen LogP contribution in [0.2, 0.25) is 0 Å². The smallest absolute Gasteiger partial charge is 0.326 e. The Morgan fingerprint density at radius 2 is 2.28 bits per heavy atom. The molecule has 1 aromatic rings. The van der Waals surface area contributed by atoms with Crippen LogP contribution in [0.3, 0.4) is 0 Å². The van der Waals surface area contributed by atoms with Crippen LogP contribution in [0.15, 0.2) is 6.33 Å². The molecule has 100 valence electrons. The molecule has 8 nitrogen and oxygen atoms in total. The number of aryl methyl sites for hydroxylation is 1. The number of carboxylic acid groups (broad SMARTS) is 1. The van der Waals surface area contributed by atoms with Crippen molar-refractivity contribution in [3.63, 3.8) is 0 Å². The predicted octanol–water partition coefficient (Wildman–Crippen LogP) is -0.480. The number of nitrogens with zero attached hydrogens (tertiary/aromatic N) is 3. The summed E-state index contributed by atoms with van der Waals surface area (Å²) in [5, 5.41) is 21.3. The van der Waals surface area contributed by atoms with Crippen molar-refractivity contribution >= 4 is 12.0 Å². The minimum atomic E-state index is -1.04. The van der Waals surface area contributed by atoms with E-state index in [1.165, 1.54) is 0 Å². The SMILES string of the molecule is CC[C@@H](NC(=O)NCCc1nncn1C)C(=O)O. The molecular weight excluding hydrogens is 238 g/mol. The molecule has 1 aromatic heterocycles. The van der Waals surface area contributed by atoms with Crippen LogP contribution in [0.4, 0.5) is 4.79 Å². The first-order valence-corrected chi connectivity index (χ1v) is 5.64. The van der Waals surface area contributed by atoms with E-state index in [4.69, 9.17) is 5.11 Å². The van der Waals surface area contributed by atoms with Crippen molar-refractivity contribution in [3.05, 3.63) is 12.2 Å². The van der Waals surface area contributed by atoms with Gasteiger partial charge in [0.25, 0.3) is 0 Å². The maximum Gasteiger partial charge on any atom is 0.326 e. The first kappa shape index (κ1) is 13.9. The fourth-order valence-electron chi connectivity index (χ4n) is 1.37. The van der Waals surface area contributed by atoms with Crippen LogP contribution < -0.4 is 10.6 Å². The highest BCUT2D eigenvalue weighted by atomic mass is 16.4. The first-order valence-electron chi connectivity index (χ1n) is 5.64. The summed E-state index contributed by atoms with van der Waals surface area (Å²) in [5.74, 6) is -0.290. The highest BCUT2D eigenvalue weighted by Gasteiger charge is 2.16. The molecule has 8 heteroatoms. The molecule has 0 bridgehead atoms. The van der Waals surface area contributed by atoms with Gasteiger partial charge in [-0.3, -0.25) is 0 Å². The molecule has 1 heterocycles. The van der Waals surface area contributed by atoms with E-state index < -0.39 is 18.0 Å². The second kappa shape index (κ2) is 6.58. The van der Waals surface area contributed by atoms with Crippen LogP contribution in [0.25, 0.3) is 0 Å². The molecule has 0 saturated carbocycles. The van der Waals surface area contributed by atoms with Crippen molar-refractivity contribution in [2.45, 2.75) is 25.8 Å². The zero-order valence-corrected chi connectivity index (χ0v) is 10.4. The van der Waals surface area contributed by atoms with Gasteiger partial charge in [0.05, 0.1) is 0 Å². The van der Waals surface area contributed by atoms with Crippen molar-refractivity contribution < 1.29 is 14.7 Å². The number of nitrogens with one attached hydrogen (secondary N) is 2. The Labute approximate surface area is 104 Å². The van der Waals surface area contributed by atoms with Crippen molar-refractivity contribution in [1.82, 2.24) is 25.4 Å². The second-order valence-corrected chi connectivity index (χ2v) is 3.81. The van der Waals surface area contributed by atoms with Crippen molar-refractivity contribution in [3.8, 4) is 0 Å². The summed E-state index contributed by atoms with van der Waals surface area (Å²) < 4.78 is 1.76. The number of carbonyl (C=O) groups is 2. The van der Waals surface area contributed by atoms with Crippen molar-refractivity contribution in [1.29, 1.82) is 0 Å². The molecule has 0 fully saturated rings. The Balaban J connectivity index is 2.29. The largest absolute Gasteiger partial charge is 0.480 e. The number of carbonyl (C=O) groups excluding carboxylic acids is 1. The molecule has 0 unspecified atom stereocenters. The number of hydrogen-bond acceptors (Lipinski definition) is 4. The quantitative estimate of drug-likeness (QED) is 0.636.